The Morgan fingerprint density at radius 1 is 1.21 bits per heavy atom. The first-order valence-electron chi connectivity index (χ1n) is 7.36. The number of fused-ring (bicyclic) bond motifs is 1. The molecule has 0 radical (unpaired) electrons. The molecule has 1 aliphatic heterocycles. The lowest BCUT2D eigenvalue weighted by molar-refractivity contribution is -0.144. The van der Waals surface area contributed by atoms with Gasteiger partial charge < -0.3 is 14.2 Å². The summed E-state index contributed by atoms with van der Waals surface area (Å²) < 4.78 is 16.6. The third-order valence-corrected chi connectivity index (χ3v) is 5.28. The molecule has 2 heterocycles. The Morgan fingerprint density at radius 3 is 2.67 bits per heavy atom. The molecule has 126 valence electrons. The number of hydrogen-bond acceptors (Lipinski definition) is 6. The Bertz CT molecular complexity index is 783. The number of carbonyl (C=O) groups is 2. The van der Waals surface area contributed by atoms with Crippen molar-refractivity contribution in [2.45, 2.75) is 26.4 Å². The molecule has 0 saturated carbocycles. The lowest BCUT2D eigenvalue weighted by atomic mass is 10.2. The number of esters is 1. The average molecular weight is 411 g/mol. The molecule has 1 aromatic carbocycles. The van der Waals surface area contributed by atoms with Crippen molar-refractivity contribution in [2.24, 2.45) is 0 Å². The summed E-state index contributed by atoms with van der Waals surface area (Å²) in [5.41, 5.74) is 0.785. The van der Waals surface area contributed by atoms with Crippen LogP contribution in [0.2, 0.25) is 0 Å². The molecule has 24 heavy (non-hydrogen) atoms. The van der Waals surface area contributed by atoms with Gasteiger partial charge in [-0.05, 0) is 31.2 Å². The maximum atomic E-state index is 12.0. The minimum atomic E-state index is -0.402. The summed E-state index contributed by atoms with van der Waals surface area (Å²) in [5, 5.41) is 0. The standard InChI is InChI=1S/C17H15BrO5S/c1-10-2-4-16(24-10)13(19)3-5-17(20)21-8-11-6-14-15(7-12(11)18)23-9-22-14/h2,4,6-7H,3,5,8-9H2,1H3. The van der Waals surface area contributed by atoms with Crippen molar-refractivity contribution >= 4 is 39.0 Å². The van der Waals surface area contributed by atoms with Gasteiger partial charge in [-0.3, -0.25) is 9.59 Å². The molecular formula is C17H15BrO5S. The minimum absolute atomic E-state index is 0.0330. The lowest BCUT2D eigenvalue weighted by Gasteiger charge is -2.08. The van der Waals surface area contributed by atoms with E-state index in [1.807, 2.05) is 13.0 Å². The predicted octanol–water partition coefficient (Wildman–Crippen LogP) is 4.25. The van der Waals surface area contributed by atoms with Gasteiger partial charge in [0.25, 0.3) is 0 Å². The van der Waals surface area contributed by atoms with Gasteiger partial charge in [0.15, 0.2) is 17.3 Å². The van der Waals surface area contributed by atoms with Gasteiger partial charge in [-0.25, -0.2) is 0 Å². The Labute approximate surface area is 151 Å². The SMILES string of the molecule is Cc1ccc(C(=O)CCC(=O)OCc2cc3c(cc2Br)OCO3)s1. The van der Waals surface area contributed by atoms with Gasteiger partial charge in [0.2, 0.25) is 6.79 Å². The quantitative estimate of drug-likeness (QED) is 0.525. The van der Waals surface area contributed by atoms with Crippen molar-refractivity contribution in [2.75, 3.05) is 6.79 Å². The van der Waals surface area contributed by atoms with Crippen molar-refractivity contribution < 1.29 is 23.8 Å². The number of rotatable bonds is 6. The normalized spacial score (nSPS) is 12.2. The van der Waals surface area contributed by atoms with E-state index >= 15 is 0 Å². The first-order valence-corrected chi connectivity index (χ1v) is 8.97. The highest BCUT2D eigenvalue weighted by Crippen LogP contribution is 2.37. The lowest BCUT2D eigenvalue weighted by Crippen LogP contribution is -2.08. The maximum absolute atomic E-state index is 12.0. The fraction of sp³-hybridized carbons (Fsp3) is 0.294. The largest absolute Gasteiger partial charge is 0.461 e. The van der Waals surface area contributed by atoms with Crippen molar-refractivity contribution in [3.63, 3.8) is 0 Å². The van der Waals surface area contributed by atoms with Crippen LogP contribution in [-0.4, -0.2) is 18.5 Å². The van der Waals surface area contributed by atoms with Crippen LogP contribution in [0.1, 0.15) is 33.0 Å². The number of ether oxygens (including phenoxy) is 3. The fourth-order valence-corrected chi connectivity index (χ4v) is 3.50. The molecule has 5 nitrogen and oxygen atoms in total. The predicted molar refractivity (Wildman–Crippen MR) is 92.7 cm³/mol. The zero-order valence-corrected chi connectivity index (χ0v) is 15.4. The van der Waals surface area contributed by atoms with Crippen molar-refractivity contribution in [3.8, 4) is 11.5 Å². The van der Waals surface area contributed by atoms with Crippen molar-refractivity contribution in [3.05, 3.63) is 44.1 Å². The zero-order chi connectivity index (χ0) is 17.1. The molecule has 7 heteroatoms. The van der Waals surface area contributed by atoms with Crippen LogP contribution in [0.5, 0.6) is 11.5 Å². The Morgan fingerprint density at radius 2 is 1.96 bits per heavy atom. The van der Waals surface area contributed by atoms with Gasteiger partial charge in [-0.2, -0.15) is 0 Å². The summed E-state index contributed by atoms with van der Waals surface area (Å²) >= 11 is 4.85. The molecule has 0 spiro atoms. The summed E-state index contributed by atoms with van der Waals surface area (Å²) in [6, 6.07) is 7.25. The molecular weight excluding hydrogens is 396 g/mol. The van der Waals surface area contributed by atoms with Crippen LogP contribution in [-0.2, 0) is 16.1 Å². The molecule has 0 fully saturated rings. The number of Topliss-reactive ketones (excluding diaryl/α,β-unsaturated/α-hetero) is 1. The molecule has 1 aromatic heterocycles. The van der Waals surface area contributed by atoms with Crippen molar-refractivity contribution in [1.82, 2.24) is 0 Å². The number of benzene rings is 1. The third kappa shape index (κ3) is 3.96. The number of halogens is 1. The molecule has 2 aromatic rings. The average Bonchev–Trinajstić information content (AvgIpc) is 3.18. The summed E-state index contributed by atoms with van der Waals surface area (Å²) in [7, 11) is 0. The fourth-order valence-electron chi connectivity index (χ4n) is 2.22. The second-order valence-corrected chi connectivity index (χ2v) is 7.43. The number of thiophene rings is 1. The highest BCUT2D eigenvalue weighted by Gasteiger charge is 2.17. The Balaban J connectivity index is 1.50. The molecule has 0 amide bonds. The number of aryl methyl sites for hydroxylation is 1. The van der Waals surface area contributed by atoms with Crippen LogP contribution in [0.4, 0.5) is 0 Å². The topological polar surface area (TPSA) is 61.8 Å². The number of hydrogen-bond donors (Lipinski definition) is 0. The molecule has 3 rings (SSSR count). The van der Waals surface area contributed by atoms with Crippen LogP contribution in [0.25, 0.3) is 0 Å². The number of carbonyl (C=O) groups excluding carboxylic acids is 2. The molecule has 0 aliphatic carbocycles. The van der Waals surface area contributed by atoms with Crippen LogP contribution in [0, 0.1) is 6.92 Å². The van der Waals surface area contributed by atoms with Gasteiger partial charge in [0, 0.05) is 21.3 Å². The number of ketones is 1. The zero-order valence-electron chi connectivity index (χ0n) is 13.0. The summed E-state index contributed by atoms with van der Waals surface area (Å²) in [5.74, 6) is 0.858. The van der Waals surface area contributed by atoms with E-state index < -0.39 is 5.97 Å². The van der Waals surface area contributed by atoms with E-state index in [1.54, 1.807) is 18.2 Å². The smallest absolute Gasteiger partial charge is 0.306 e. The van der Waals surface area contributed by atoms with E-state index in [9.17, 15) is 9.59 Å². The summed E-state index contributed by atoms with van der Waals surface area (Å²) in [6.45, 7) is 2.25. The van der Waals surface area contributed by atoms with E-state index in [0.717, 1.165) is 14.9 Å². The van der Waals surface area contributed by atoms with E-state index in [-0.39, 0.29) is 32.0 Å². The second-order valence-electron chi connectivity index (χ2n) is 5.29. The minimum Gasteiger partial charge on any atom is -0.461 e. The molecule has 0 N–H and O–H groups in total. The van der Waals surface area contributed by atoms with Crippen LogP contribution in [0.3, 0.4) is 0 Å². The third-order valence-electron chi connectivity index (χ3n) is 3.50. The maximum Gasteiger partial charge on any atom is 0.306 e. The Hall–Kier alpha value is -1.86. The van der Waals surface area contributed by atoms with E-state index in [0.29, 0.717) is 16.4 Å². The first-order chi connectivity index (χ1) is 11.5. The van der Waals surface area contributed by atoms with Crippen LogP contribution < -0.4 is 9.47 Å². The highest BCUT2D eigenvalue weighted by atomic mass is 79.9. The molecule has 1 aliphatic rings. The van der Waals surface area contributed by atoms with Gasteiger partial charge in [-0.15, -0.1) is 11.3 Å². The summed E-state index contributed by atoms with van der Waals surface area (Å²) in [4.78, 5) is 25.6. The van der Waals surface area contributed by atoms with Crippen molar-refractivity contribution in [1.29, 1.82) is 0 Å². The van der Waals surface area contributed by atoms with E-state index in [1.165, 1.54) is 11.3 Å². The monoisotopic (exact) mass is 410 g/mol. The molecule has 0 unspecified atom stereocenters. The van der Waals surface area contributed by atoms with Gasteiger partial charge >= 0.3 is 5.97 Å². The summed E-state index contributed by atoms with van der Waals surface area (Å²) in [6.07, 6.45) is 0.221. The van der Waals surface area contributed by atoms with Crippen LogP contribution in [0.15, 0.2) is 28.7 Å². The Kier molecular flexibility index (Phi) is 5.20. The first kappa shape index (κ1) is 17.0. The molecule has 0 atom stereocenters. The van der Waals surface area contributed by atoms with Crippen LogP contribution >= 0.6 is 27.3 Å². The van der Waals surface area contributed by atoms with E-state index in [2.05, 4.69) is 15.9 Å². The van der Waals surface area contributed by atoms with Gasteiger partial charge in [-0.1, -0.05) is 15.9 Å². The molecule has 0 bridgehead atoms. The second kappa shape index (κ2) is 7.36. The van der Waals surface area contributed by atoms with Gasteiger partial charge in [0.1, 0.15) is 6.61 Å². The molecule has 0 saturated heterocycles. The highest BCUT2D eigenvalue weighted by molar-refractivity contribution is 9.10. The van der Waals surface area contributed by atoms with Gasteiger partial charge in [0.05, 0.1) is 11.3 Å². The van der Waals surface area contributed by atoms with E-state index in [4.69, 9.17) is 14.2 Å².